The van der Waals surface area contributed by atoms with Gasteiger partial charge in [-0.1, -0.05) is 30.3 Å². The Morgan fingerprint density at radius 1 is 1.12 bits per heavy atom. The number of H-pyrrole nitrogens is 1. The summed E-state index contributed by atoms with van der Waals surface area (Å²) in [7, 11) is 1.86. The van der Waals surface area contributed by atoms with Gasteiger partial charge in [0, 0.05) is 29.7 Å². The molecule has 0 fully saturated rings. The average molecular weight is 326 g/mol. The Morgan fingerprint density at radius 3 is 2.60 bits per heavy atom. The van der Waals surface area contributed by atoms with Gasteiger partial charge in [-0.25, -0.2) is 4.98 Å². The lowest BCUT2D eigenvalue weighted by Crippen LogP contribution is -2.11. The van der Waals surface area contributed by atoms with Crippen LogP contribution in [0.3, 0.4) is 0 Å². The molecule has 1 N–H and O–H groups in total. The van der Waals surface area contributed by atoms with Crippen LogP contribution in [0.1, 0.15) is 5.56 Å². The molecule has 5 heteroatoms. The summed E-state index contributed by atoms with van der Waals surface area (Å²) in [6.07, 6.45) is 3.48. The molecule has 0 saturated heterocycles. The van der Waals surface area contributed by atoms with Gasteiger partial charge in [-0.05, 0) is 23.8 Å². The van der Waals surface area contributed by atoms with Crippen molar-refractivity contribution >= 4 is 10.9 Å². The second-order valence-corrected chi connectivity index (χ2v) is 5.87. The van der Waals surface area contributed by atoms with Crippen molar-refractivity contribution in [2.45, 2.75) is 0 Å². The third-order valence-corrected chi connectivity index (χ3v) is 4.17. The van der Waals surface area contributed by atoms with E-state index in [-0.39, 0.29) is 5.56 Å². The Labute approximate surface area is 143 Å². The number of nitriles is 1. The van der Waals surface area contributed by atoms with Gasteiger partial charge in [-0.3, -0.25) is 4.79 Å². The number of aromatic amines is 1. The molecule has 0 radical (unpaired) electrons. The van der Waals surface area contributed by atoms with Crippen LogP contribution in [-0.4, -0.2) is 14.5 Å². The largest absolute Gasteiger partial charge is 0.340 e. The number of aromatic nitrogens is 3. The SMILES string of the molecule is Cn1cnc(-c2c(-c3ccccc3)c3cc(C#N)ccc3[nH]c2=O)c1. The molecule has 0 aliphatic rings. The van der Waals surface area contributed by atoms with Crippen molar-refractivity contribution in [3.8, 4) is 28.5 Å². The van der Waals surface area contributed by atoms with E-state index in [1.165, 1.54) is 0 Å². The maximum atomic E-state index is 12.8. The molecule has 2 aromatic carbocycles. The molecular weight excluding hydrogens is 312 g/mol. The number of hydrogen-bond acceptors (Lipinski definition) is 3. The van der Waals surface area contributed by atoms with Crippen molar-refractivity contribution in [2.75, 3.05) is 0 Å². The number of hydrogen-bond donors (Lipinski definition) is 1. The molecule has 4 aromatic rings. The molecule has 0 aliphatic heterocycles. The standard InChI is InChI=1S/C20H14N4O/c1-24-11-17(22-12-24)19-18(14-5-3-2-4-6-14)15-9-13(10-21)7-8-16(15)23-20(19)25/h2-9,11-12H,1H3,(H,23,25). The molecule has 120 valence electrons. The van der Waals surface area contributed by atoms with Crippen LogP contribution >= 0.6 is 0 Å². The van der Waals surface area contributed by atoms with Gasteiger partial charge in [-0.15, -0.1) is 0 Å². The van der Waals surface area contributed by atoms with Crippen LogP contribution in [0.2, 0.25) is 0 Å². The highest BCUT2D eigenvalue weighted by Crippen LogP contribution is 2.34. The van der Waals surface area contributed by atoms with E-state index in [1.54, 1.807) is 29.1 Å². The second kappa shape index (κ2) is 5.77. The van der Waals surface area contributed by atoms with E-state index in [0.717, 1.165) is 16.5 Å². The molecule has 2 heterocycles. The predicted octanol–water partition coefficient (Wildman–Crippen LogP) is 3.47. The molecule has 0 spiro atoms. The first-order valence-electron chi connectivity index (χ1n) is 7.81. The van der Waals surface area contributed by atoms with E-state index >= 15 is 0 Å². The van der Waals surface area contributed by atoms with Crippen LogP contribution in [0.25, 0.3) is 33.3 Å². The third kappa shape index (κ3) is 2.50. The average Bonchev–Trinajstić information content (AvgIpc) is 3.06. The van der Waals surface area contributed by atoms with E-state index in [1.807, 2.05) is 43.6 Å². The number of fused-ring (bicyclic) bond motifs is 1. The Hall–Kier alpha value is -3.65. The molecule has 0 bridgehead atoms. The summed E-state index contributed by atoms with van der Waals surface area (Å²) in [5, 5.41) is 10.1. The van der Waals surface area contributed by atoms with Crippen LogP contribution in [0.15, 0.2) is 65.8 Å². The zero-order chi connectivity index (χ0) is 17.4. The first kappa shape index (κ1) is 14.9. The maximum Gasteiger partial charge on any atom is 0.258 e. The number of aryl methyl sites for hydroxylation is 1. The third-order valence-electron chi connectivity index (χ3n) is 4.17. The summed E-state index contributed by atoms with van der Waals surface area (Å²) in [6.45, 7) is 0. The van der Waals surface area contributed by atoms with Crippen LogP contribution < -0.4 is 5.56 Å². The minimum absolute atomic E-state index is 0.199. The molecule has 2 aromatic heterocycles. The van der Waals surface area contributed by atoms with Crippen LogP contribution in [0.5, 0.6) is 0 Å². The first-order valence-corrected chi connectivity index (χ1v) is 7.81. The monoisotopic (exact) mass is 326 g/mol. The molecule has 0 atom stereocenters. The normalized spacial score (nSPS) is 10.7. The molecule has 25 heavy (non-hydrogen) atoms. The summed E-state index contributed by atoms with van der Waals surface area (Å²) >= 11 is 0. The summed E-state index contributed by atoms with van der Waals surface area (Å²) < 4.78 is 1.81. The highest BCUT2D eigenvalue weighted by Gasteiger charge is 2.18. The van der Waals surface area contributed by atoms with Gasteiger partial charge < -0.3 is 9.55 Å². The fraction of sp³-hybridized carbons (Fsp3) is 0.0500. The van der Waals surface area contributed by atoms with Crippen molar-refractivity contribution in [2.24, 2.45) is 7.05 Å². The second-order valence-electron chi connectivity index (χ2n) is 5.87. The molecule has 5 nitrogen and oxygen atoms in total. The maximum absolute atomic E-state index is 12.8. The summed E-state index contributed by atoms with van der Waals surface area (Å²) in [5.41, 5.74) is 3.85. The van der Waals surface area contributed by atoms with Crippen LogP contribution in [0, 0.1) is 11.3 Å². The van der Waals surface area contributed by atoms with Gasteiger partial charge in [-0.2, -0.15) is 5.26 Å². The lowest BCUT2D eigenvalue weighted by molar-refractivity contribution is 0.913. The Morgan fingerprint density at radius 2 is 1.92 bits per heavy atom. The van der Waals surface area contributed by atoms with Crippen molar-refractivity contribution < 1.29 is 0 Å². The van der Waals surface area contributed by atoms with Crippen molar-refractivity contribution in [3.63, 3.8) is 0 Å². The number of imidazole rings is 1. The van der Waals surface area contributed by atoms with Gasteiger partial charge in [0.2, 0.25) is 0 Å². The number of rotatable bonds is 2. The van der Waals surface area contributed by atoms with E-state index < -0.39 is 0 Å². The van der Waals surface area contributed by atoms with Crippen molar-refractivity contribution in [1.82, 2.24) is 14.5 Å². The number of nitrogens with zero attached hydrogens (tertiary/aromatic N) is 3. The van der Waals surface area contributed by atoms with Gasteiger partial charge in [0.1, 0.15) is 0 Å². The fourth-order valence-corrected chi connectivity index (χ4v) is 3.05. The Kier molecular flexibility index (Phi) is 3.44. The summed E-state index contributed by atoms with van der Waals surface area (Å²) in [4.78, 5) is 20.1. The van der Waals surface area contributed by atoms with E-state index in [9.17, 15) is 10.1 Å². The number of nitrogens with one attached hydrogen (secondary N) is 1. The van der Waals surface area contributed by atoms with Crippen molar-refractivity contribution in [1.29, 1.82) is 5.26 Å². The van der Waals surface area contributed by atoms with Gasteiger partial charge in [0.25, 0.3) is 5.56 Å². The minimum atomic E-state index is -0.199. The van der Waals surface area contributed by atoms with Gasteiger partial charge in [0.05, 0.1) is 29.2 Å². The lowest BCUT2D eigenvalue weighted by Gasteiger charge is -2.12. The van der Waals surface area contributed by atoms with E-state index in [0.29, 0.717) is 22.3 Å². The first-order chi connectivity index (χ1) is 12.2. The molecule has 0 unspecified atom stereocenters. The minimum Gasteiger partial charge on any atom is -0.340 e. The topological polar surface area (TPSA) is 74.5 Å². The Balaban J connectivity index is 2.19. The van der Waals surface area contributed by atoms with E-state index in [2.05, 4.69) is 16.0 Å². The quantitative estimate of drug-likeness (QED) is 0.613. The lowest BCUT2D eigenvalue weighted by atomic mass is 9.94. The van der Waals surface area contributed by atoms with E-state index in [4.69, 9.17) is 0 Å². The summed E-state index contributed by atoms with van der Waals surface area (Å²) in [6, 6.07) is 17.1. The van der Waals surface area contributed by atoms with Crippen LogP contribution in [0.4, 0.5) is 0 Å². The number of pyridine rings is 1. The summed E-state index contributed by atoms with van der Waals surface area (Å²) in [5.74, 6) is 0. The Bertz CT molecular complexity index is 1180. The van der Waals surface area contributed by atoms with Gasteiger partial charge in [0.15, 0.2) is 0 Å². The zero-order valence-corrected chi connectivity index (χ0v) is 13.5. The highest BCUT2D eigenvalue weighted by molar-refractivity contribution is 6.02. The molecular formula is C20H14N4O. The van der Waals surface area contributed by atoms with Gasteiger partial charge >= 0.3 is 0 Å². The number of benzene rings is 2. The zero-order valence-electron chi connectivity index (χ0n) is 13.5. The predicted molar refractivity (Wildman–Crippen MR) is 96.9 cm³/mol. The molecule has 0 aliphatic carbocycles. The molecule has 0 amide bonds. The molecule has 0 saturated carbocycles. The van der Waals surface area contributed by atoms with Crippen LogP contribution in [-0.2, 0) is 7.05 Å². The molecule has 4 rings (SSSR count). The smallest absolute Gasteiger partial charge is 0.258 e. The fourth-order valence-electron chi connectivity index (χ4n) is 3.05. The highest BCUT2D eigenvalue weighted by atomic mass is 16.1. The van der Waals surface area contributed by atoms with Crippen molar-refractivity contribution in [3.05, 3.63) is 77.0 Å².